The first-order valence-electron chi connectivity index (χ1n) is 10.6. The van der Waals surface area contributed by atoms with Gasteiger partial charge in [0.25, 0.3) is 5.91 Å². The van der Waals surface area contributed by atoms with E-state index in [0.717, 1.165) is 41.9 Å². The minimum atomic E-state index is -0.771. The molecule has 0 fully saturated rings. The number of hydrogen-bond acceptors (Lipinski definition) is 6. The summed E-state index contributed by atoms with van der Waals surface area (Å²) in [7, 11) is 0. The highest BCUT2D eigenvalue weighted by Crippen LogP contribution is 2.39. The Morgan fingerprint density at radius 1 is 1.23 bits per heavy atom. The SMILES string of the molecule is CCOC(=O)NC(=O)c1c(NC(=O)CCCSc2ccccc2)sc2c1CCC(C)C2. The second-order valence-electron chi connectivity index (χ2n) is 7.54. The first-order chi connectivity index (χ1) is 15.0. The van der Waals surface area contributed by atoms with E-state index >= 15 is 0 Å². The molecular weight excluding hydrogens is 432 g/mol. The predicted molar refractivity (Wildman–Crippen MR) is 125 cm³/mol. The van der Waals surface area contributed by atoms with E-state index in [2.05, 4.69) is 29.7 Å². The van der Waals surface area contributed by atoms with Crippen molar-refractivity contribution in [2.24, 2.45) is 5.92 Å². The van der Waals surface area contributed by atoms with Gasteiger partial charge in [-0.3, -0.25) is 14.9 Å². The van der Waals surface area contributed by atoms with Crippen LogP contribution < -0.4 is 10.6 Å². The lowest BCUT2D eigenvalue weighted by atomic mass is 9.88. The van der Waals surface area contributed by atoms with E-state index in [0.29, 0.717) is 22.9 Å². The van der Waals surface area contributed by atoms with Gasteiger partial charge in [-0.2, -0.15) is 0 Å². The zero-order valence-corrected chi connectivity index (χ0v) is 19.5. The van der Waals surface area contributed by atoms with E-state index in [4.69, 9.17) is 4.74 Å². The Kier molecular flexibility index (Phi) is 8.54. The normalized spacial score (nSPS) is 15.1. The predicted octanol–water partition coefficient (Wildman–Crippen LogP) is 5.27. The lowest BCUT2D eigenvalue weighted by Gasteiger charge is -2.18. The van der Waals surface area contributed by atoms with Crippen molar-refractivity contribution in [3.63, 3.8) is 0 Å². The van der Waals surface area contributed by atoms with E-state index in [9.17, 15) is 14.4 Å². The average Bonchev–Trinajstić information content (AvgIpc) is 3.08. The summed E-state index contributed by atoms with van der Waals surface area (Å²) in [5, 5.41) is 5.73. The lowest BCUT2D eigenvalue weighted by Crippen LogP contribution is -2.32. The molecule has 3 amide bonds. The molecule has 3 rings (SSSR count). The fraction of sp³-hybridized carbons (Fsp3) is 0.435. The fourth-order valence-corrected chi connectivity index (χ4v) is 5.83. The number of anilines is 1. The maximum atomic E-state index is 12.8. The number of thiophene rings is 1. The molecule has 0 spiro atoms. The lowest BCUT2D eigenvalue weighted by molar-refractivity contribution is -0.116. The number of benzene rings is 1. The molecule has 2 aromatic rings. The molecule has 0 radical (unpaired) electrons. The van der Waals surface area contributed by atoms with Gasteiger partial charge in [0.05, 0.1) is 12.2 Å². The number of amides is 3. The molecule has 0 aliphatic heterocycles. The molecule has 6 nitrogen and oxygen atoms in total. The minimum Gasteiger partial charge on any atom is -0.450 e. The van der Waals surface area contributed by atoms with E-state index < -0.39 is 12.0 Å². The second-order valence-corrected chi connectivity index (χ2v) is 9.82. The number of imide groups is 1. The van der Waals surface area contributed by atoms with Crippen LogP contribution in [0.3, 0.4) is 0 Å². The standard InChI is InChI=1S/C23H28N2O4S2/c1-3-29-23(28)25-21(27)20-17-12-11-15(2)14-18(17)31-22(20)24-19(26)10-7-13-30-16-8-5-4-6-9-16/h4-6,8-9,15H,3,7,10-14H2,1-2H3,(H,24,26)(H,25,27,28). The summed E-state index contributed by atoms with van der Waals surface area (Å²) in [5.74, 6) is 0.739. The van der Waals surface area contributed by atoms with Gasteiger partial charge in [-0.15, -0.1) is 23.1 Å². The number of carbonyl (C=O) groups excluding carboxylic acids is 3. The molecule has 0 bridgehead atoms. The highest BCUT2D eigenvalue weighted by Gasteiger charge is 2.29. The van der Waals surface area contributed by atoms with Crippen LogP contribution in [-0.4, -0.2) is 30.3 Å². The van der Waals surface area contributed by atoms with Gasteiger partial charge in [-0.05, 0) is 62.0 Å². The fourth-order valence-electron chi connectivity index (χ4n) is 3.53. The maximum Gasteiger partial charge on any atom is 0.414 e. The number of carbonyl (C=O) groups is 3. The van der Waals surface area contributed by atoms with Crippen LogP contribution in [0.2, 0.25) is 0 Å². The first-order valence-corrected chi connectivity index (χ1v) is 12.4. The summed E-state index contributed by atoms with van der Waals surface area (Å²) >= 11 is 3.17. The van der Waals surface area contributed by atoms with Gasteiger partial charge in [-0.25, -0.2) is 4.79 Å². The van der Waals surface area contributed by atoms with Crippen molar-refractivity contribution in [1.82, 2.24) is 5.32 Å². The number of hydrogen-bond donors (Lipinski definition) is 2. The van der Waals surface area contributed by atoms with Crippen LogP contribution in [0.4, 0.5) is 9.80 Å². The van der Waals surface area contributed by atoms with Crippen LogP contribution in [0.5, 0.6) is 0 Å². The average molecular weight is 461 g/mol. The summed E-state index contributed by atoms with van der Waals surface area (Å²) in [5.41, 5.74) is 1.35. The van der Waals surface area contributed by atoms with Crippen LogP contribution in [0.15, 0.2) is 35.2 Å². The van der Waals surface area contributed by atoms with E-state index in [1.807, 2.05) is 18.2 Å². The largest absolute Gasteiger partial charge is 0.450 e. The molecule has 166 valence electrons. The van der Waals surface area contributed by atoms with Gasteiger partial charge in [0.2, 0.25) is 5.91 Å². The highest BCUT2D eigenvalue weighted by molar-refractivity contribution is 7.99. The van der Waals surface area contributed by atoms with Gasteiger partial charge in [0.15, 0.2) is 0 Å². The van der Waals surface area contributed by atoms with Gasteiger partial charge in [0, 0.05) is 16.2 Å². The molecular formula is C23H28N2O4S2. The molecule has 0 saturated heterocycles. The Hall–Kier alpha value is -2.32. The molecule has 1 aliphatic carbocycles. The van der Waals surface area contributed by atoms with Crippen LogP contribution >= 0.6 is 23.1 Å². The summed E-state index contributed by atoms with van der Waals surface area (Å²) in [6.07, 6.45) is 2.96. The number of nitrogens with one attached hydrogen (secondary N) is 2. The third-order valence-electron chi connectivity index (χ3n) is 5.04. The second kappa shape index (κ2) is 11.3. The summed E-state index contributed by atoms with van der Waals surface area (Å²) in [6, 6.07) is 10.1. The Bertz CT molecular complexity index is 927. The molecule has 1 atom stereocenters. The summed E-state index contributed by atoms with van der Waals surface area (Å²) in [6.45, 7) is 4.05. The van der Waals surface area contributed by atoms with Crippen molar-refractivity contribution in [1.29, 1.82) is 0 Å². The minimum absolute atomic E-state index is 0.120. The van der Waals surface area contributed by atoms with Gasteiger partial charge in [-0.1, -0.05) is 25.1 Å². The Morgan fingerprint density at radius 2 is 2.00 bits per heavy atom. The molecule has 31 heavy (non-hydrogen) atoms. The van der Waals surface area contributed by atoms with Gasteiger partial charge >= 0.3 is 6.09 Å². The zero-order chi connectivity index (χ0) is 22.2. The zero-order valence-electron chi connectivity index (χ0n) is 17.9. The van der Waals surface area contributed by atoms with Crippen LogP contribution in [0, 0.1) is 5.92 Å². The van der Waals surface area contributed by atoms with E-state index in [1.165, 1.54) is 16.2 Å². The molecule has 8 heteroatoms. The molecule has 1 aromatic carbocycles. The Balaban J connectivity index is 1.64. The first kappa shape index (κ1) is 23.3. The number of thioether (sulfide) groups is 1. The number of rotatable bonds is 8. The van der Waals surface area contributed by atoms with Crippen LogP contribution in [0.25, 0.3) is 0 Å². The molecule has 1 aliphatic rings. The van der Waals surface area contributed by atoms with E-state index in [1.54, 1.807) is 18.7 Å². The molecule has 1 heterocycles. The Morgan fingerprint density at radius 3 is 2.74 bits per heavy atom. The Labute approximate surface area is 191 Å². The van der Waals surface area contributed by atoms with Gasteiger partial charge < -0.3 is 10.1 Å². The molecule has 2 N–H and O–H groups in total. The maximum absolute atomic E-state index is 12.8. The van der Waals surface area contributed by atoms with Gasteiger partial charge in [0.1, 0.15) is 5.00 Å². The monoisotopic (exact) mass is 460 g/mol. The van der Waals surface area contributed by atoms with Crippen molar-refractivity contribution < 1.29 is 19.1 Å². The molecule has 1 aromatic heterocycles. The smallest absolute Gasteiger partial charge is 0.414 e. The molecule has 1 unspecified atom stereocenters. The van der Waals surface area contributed by atoms with Crippen LogP contribution in [0.1, 0.15) is 53.9 Å². The highest BCUT2D eigenvalue weighted by atomic mass is 32.2. The van der Waals surface area contributed by atoms with Crippen molar-refractivity contribution in [3.05, 3.63) is 46.3 Å². The summed E-state index contributed by atoms with van der Waals surface area (Å²) < 4.78 is 4.84. The van der Waals surface area contributed by atoms with Crippen molar-refractivity contribution >= 4 is 46.0 Å². The number of alkyl carbamates (subject to hydrolysis) is 1. The van der Waals surface area contributed by atoms with E-state index in [-0.39, 0.29) is 12.5 Å². The summed E-state index contributed by atoms with van der Waals surface area (Å²) in [4.78, 5) is 39.4. The third kappa shape index (κ3) is 6.58. The third-order valence-corrected chi connectivity index (χ3v) is 7.31. The van der Waals surface area contributed by atoms with Crippen molar-refractivity contribution in [2.45, 2.75) is 50.8 Å². The number of fused-ring (bicyclic) bond motifs is 1. The van der Waals surface area contributed by atoms with Crippen molar-refractivity contribution in [3.8, 4) is 0 Å². The number of ether oxygens (including phenoxy) is 1. The molecule has 0 saturated carbocycles. The van der Waals surface area contributed by atoms with Crippen LogP contribution in [-0.2, 0) is 22.4 Å². The quantitative estimate of drug-likeness (QED) is 0.414. The topological polar surface area (TPSA) is 84.5 Å². The van der Waals surface area contributed by atoms with Crippen molar-refractivity contribution in [2.75, 3.05) is 17.7 Å².